The van der Waals surface area contributed by atoms with Crippen LogP contribution < -0.4 is 10.1 Å². The lowest BCUT2D eigenvalue weighted by atomic mass is 9.79. The lowest BCUT2D eigenvalue weighted by molar-refractivity contribution is -0.0231. The standard InChI is InChI=1S/C19H29NO5/c1-19(2,3)25-18(23)20-11-12-8-9-16(24-4)14(10-12)13-6-5-7-15(21)17(13)22/h8-10,13,15,17,21-22H,5-7,11H2,1-4H3,(H,20,23). The number of methoxy groups -OCH3 is 1. The molecule has 0 bridgehead atoms. The second kappa shape index (κ2) is 8.06. The molecule has 6 heteroatoms. The molecule has 0 aliphatic heterocycles. The van der Waals surface area contributed by atoms with Gasteiger partial charge < -0.3 is 25.0 Å². The van der Waals surface area contributed by atoms with Gasteiger partial charge in [-0.25, -0.2) is 4.79 Å². The third kappa shape index (κ3) is 5.34. The van der Waals surface area contributed by atoms with Crippen LogP contribution in [0.25, 0.3) is 0 Å². The summed E-state index contributed by atoms with van der Waals surface area (Å²) in [5.41, 5.74) is 1.20. The average molecular weight is 351 g/mol. The molecule has 140 valence electrons. The van der Waals surface area contributed by atoms with E-state index in [2.05, 4.69) is 5.32 Å². The van der Waals surface area contributed by atoms with Gasteiger partial charge in [0.15, 0.2) is 0 Å². The van der Waals surface area contributed by atoms with E-state index >= 15 is 0 Å². The first-order valence-electron chi connectivity index (χ1n) is 8.71. The second-order valence-electron chi connectivity index (χ2n) is 7.53. The third-order valence-corrected chi connectivity index (χ3v) is 4.35. The van der Waals surface area contributed by atoms with Crippen molar-refractivity contribution >= 4 is 6.09 Å². The molecule has 3 N–H and O–H groups in total. The lowest BCUT2D eigenvalue weighted by Gasteiger charge is -2.33. The first-order chi connectivity index (χ1) is 11.7. The Hall–Kier alpha value is -1.79. The van der Waals surface area contributed by atoms with Gasteiger partial charge in [0.1, 0.15) is 11.4 Å². The van der Waals surface area contributed by atoms with Crippen molar-refractivity contribution in [3.05, 3.63) is 29.3 Å². The largest absolute Gasteiger partial charge is 0.496 e. The Labute approximate surface area is 149 Å². The summed E-state index contributed by atoms with van der Waals surface area (Å²) in [4.78, 5) is 11.8. The Kier molecular flexibility index (Phi) is 6.30. The SMILES string of the molecule is COc1ccc(CNC(=O)OC(C)(C)C)cc1C1CCCC(O)C1O. The topological polar surface area (TPSA) is 88.0 Å². The van der Waals surface area contributed by atoms with E-state index in [9.17, 15) is 15.0 Å². The van der Waals surface area contributed by atoms with Crippen LogP contribution in [0.4, 0.5) is 4.79 Å². The number of rotatable bonds is 4. The summed E-state index contributed by atoms with van der Waals surface area (Å²) in [5.74, 6) is 0.499. The van der Waals surface area contributed by atoms with Gasteiger partial charge in [-0.1, -0.05) is 12.5 Å². The molecule has 0 saturated heterocycles. The quantitative estimate of drug-likeness (QED) is 0.776. The van der Waals surface area contributed by atoms with Crippen molar-refractivity contribution in [1.82, 2.24) is 5.32 Å². The molecule has 1 aromatic carbocycles. The molecule has 3 atom stereocenters. The van der Waals surface area contributed by atoms with Crippen LogP contribution >= 0.6 is 0 Å². The number of alkyl carbamates (subject to hydrolysis) is 1. The maximum absolute atomic E-state index is 11.8. The van der Waals surface area contributed by atoms with Crippen molar-refractivity contribution in [3.63, 3.8) is 0 Å². The smallest absolute Gasteiger partial charge is 0.407 e. The Morgan fingerprint density at radius 2 is 2.00 bits per heavy atom. The van der Waals surface area contributed by atoms with Crippen molar-refractivity contribution in [2.45, 2.75) is 70.3 Å². The van der Waals surface area contributed by atoms with Crippen LogP contribution in [0, 0.1) is 0 Å². The lowest BCUT2D eigenvalue weighted by Crippen LogP contribution is -2.36. The van der Waals surface area contributed by atoms with E-state index in [4.69, 9.17) is 9.47 Å². The van der Waals surface area contributed by atoms with Crippen LogP contribution in [0.2, 0.25) is 0 Å². The highest BCUT2D eigenvalue weighted by molar-refractivity contribution is 5.67. The van der Waals surface area contributed by atoms with Crippen molar-refractivity contribution in [2.24, 2.45) is 0 Å². The summed E-state index contributed by atoms with van der Waals surface area (Å²) < 4.78 is 10.7. The van der Waals surface area contributed by atoms with E-state index in [0.717, 1.165) is 24.0 Å². The molecule has 1 aromatic rings. The Bertz CT molecular complexity index is 596. The predicted octanol–water partition coefficient (Wildman–Crippen LogP) is 2.71. The Balaban J connectivity index is 2.12. The van der Waals surface area contributed by atoms with Crippen LogP contribution in [0.15, 0.2) is 18.2 Å². The molecule has 6 nitrogen and oxygen atoms in total. The molecule has 0 aromatic heterocycles. The molecule has 0 spiro atoms. The van der Waals surface area contributed by atoms with E-state index in [1.165, 1.54) is 0 Å². The maximum Gasteiger partial charge on any atom is 0.407 e. The Morgan fingerprint density at radius 3 is 2.64 bits per heavy atom. The fourth-order valence-corrected chi connectivity index (χ4v) is 3.17. The number of benzene rings is 1. The summed E-state index contributed by atoms with van der Waals surface area (Å²) in [6.45, 7) is 5.76. The van der Waals surface area contributed by atoms with E-state index in [0.29, 0.717) is 18.7 Å². The van der Waals surface area contributed by atoms with Crippen LogP contribution in [-0.2, 0) is 11.3 Å². The summed E-state index contributed by atoms with van der Waals surface area (Å²) in [7, 11) is 1.59. The van der Waals surface area contributed by atoms with Crippen molar-refractivity contribution in [3.8, 4) is 5.75 Å². The highest BCUT2D eigenvalue weighted by Crippen LogP contribution is 2.38. The van der Waals surface area contributed by atoms with E-state index in [1.54, 1.807) is 7.11 Å². The monoisotopic (exact) mass is 351 g/mol. The van der Waals surface area contributed by atoms with E-state index in [1.807, 2.05) is 39.0 Å². The molecule has 1 fully saturated rings. The van der Waals surface area contributed by atoms with Crippen LogP contribution in [0.5, 0.6) is 5.75 Å². The zero-order valence-electron chi connectivity index (χ0n) is 15.4. The fourth-order valence-electron chi connectivity index (χ4n) is 3.17. The molecular formula is C19H29NO5. The summed E-state index contributed by atoms with van der Waals surface area (Å²) >= 11 is 0. The minimum absolute atomic E-state index is 0.180. The van der Waals surface area contributed by atoms with Gasteiger partial charge in [0, 0.05) is 18.0 Å². The molecule has 1 saturated carbocycles. The molecule has 2 rings (SSSR count). The minimum Gasteiger partial charge on any atom is -0.496 e. The van der Waals surface area contributed by atoms with E-state index < -0.39 is 23.9 Å². The zero-order valence-corrected chi connectivity index (χ0v) is 15.4. The van der Waals surface area contributed by atoms with Crippen LogP contribution in [0.3, 0.4) is 0 Å². The molecule has 0 radical (unpaired) electrons. The van der Waals surface area contributed by atoms with Gasteiger partial charge in [0.05, 0.1) is 19.3 Å². The van der Waals surface area contributed by atoms with E-state index in [-0.39, 0.29) is 5.92 Å². The number of aliphatic hydroxyl groups excluding tert-OH is 2. The molecule has 1 aliphatic rings. The average Bonchev–Trinajstić information content (AvgIpc) is 2.54. The molecule has 1 amide bonds. The molecule has 25 heavy (non-hydrogen) atoms. The minimum atomic E-state index is -0.809. The number of hydrogen-bond donors (Lipinski definition) is 3. The number of carbonyl (C=O) groups is 1. The third-order valence-electron chi connectivity index (χ3n) is 4.35. The summed E-state index contributed by atoms with van der Waals surface area (Å²) in [6.07, 6.45) is 0.255. The first-order valence-corrected chi connectivity index (χ1v) is 8.71. The number of amides is 1. The molecule has 3 unspecified atom stereocenters. The molecular weight excluding hydrogens is 322 g/mol. The number of hydrogen-bond acceptors (Lipinski definition) is 5. The first kappa shape index (κ1) is 19.5. The highest BCUT2D eigenvalue weighted by Gasteiger charge is 2.33. The number of ether oxygens (including phenoxy) is 2. The zero-order chi connectivity index (χ0) is 18.6. The predicted molar refractivity (Wildman–Crippen MR) is 94.7 cm³/mol. The van der Waals surface area contributed by atoms with Gasteiger partial charge in [0.25, 0.3) is 0 Å². The van der Waals surface area contributed by atoms with Gasteiger partial charge in [-0.3, -0.25) is 0 Å². The maximum atomic E-state index is 11.8. The van der Waals surface area contributed by atoms with Crippen molar-refractivity contribution in [2.75, 3.05) is 7.11 Å². The van der Waals surface area contributed by atoms with Crippen molar-refractivity contribution in [1.29, 1.82) is 0 Å². The van der Waals surface area contributed by atoms with Crippen molar-refractivity contribution < 1.29 is 24.5 Å². The number of aliphatic hydroxyl groups is 2. The van der Waals surface area contributed by atoms with Gasteiger partial charge in [-0.15, -0.1) is 0 Å². The second-order valence-corrected chi connectivity index (χ2v) is 7.53. The fraction of sp³-hybridized carbons (Fsp3) is 0.632. The van der Waals surface area contributed by atoms with Crippen LogP contribution in [0.1, 0.15) is 57.1 Å². The van der Waals surface area contributed by atoms with Gasteiger partial charge in [0.2, 0.25) is 0 Å². The highest BCUT2D eigenvalue weighted by atomic mass is 16.6. The van der Waals surface area contributed by atoms with Crippen LogP contribution in [-0.4, -0.2) is 41.2 Å². The number of nitrogens with one attached hydrogen (secondary N) is 1. The van der Waals surface area contributed by atoms with Gasteiger partial charge in [-0.2, -0.15) is 0 Å². The number of carbonyl (C=O) groups excluding carboxylic acids is 1. The normalized spacial score (nSPS) is 23.8. The van der Waals surface area contributed by atoms with Gasteiger partial charge in [-0.05, 0) is 51.3 Å². The summed E-state index contributed by atoms with van der Waals surface area (Å²) in [6, 6.07) is 5.61. The Morgan fingerprint density at radius 1 is 1.28 bits per heavy atom. The molecule has 0 heterocycles. The molecule has 1 aliphatic carbocycles. The van der Waals surface area contributed by atoms with Gasteiger partial charge >= 0.3 is 6.09 Å². The summed E-state index contributed by atoms with van der Waals surface area (Å²) in [5, 5.41) is 23.0.